The van der Waals surface area contributed by atoms with Gasteiger partial charge in [0.05, 0.1) is 5.56 Å². The topological polar surface area (TPSA) is 86.6 Å². The number of terminal acetylenes is 1. The fourth-order valence-electron chi connectivity index (χ4n) is 7.22. The Balaban J connectivity index is 1.43. The minimum atomic E-state index is -0.474. The number of rotatable bonds is 7. The highest BCUT2D eigenvalue weighted by atomic mass is 19.1. The number of anilines is 1. The van der Waals surface area contributed by atoms with Crippen LogP contribution in [-0.2, 0) is 6.42 Å². The summed E-state index contributed by atoms with van der Waals surface area (Å²) in [6.07, 6.45) is 13.7. The Kier molecular flexibility index (Phi) is 7.28. The Labute approximate surface area is 251 Å². The molecule has 43 heavy (non-hydrogen) atoms. The third-order valence-electron chi connectivity index (χ3n) is 9.36. The lowest BCUT2D eigenvalue weighted by molar-refractivity contribution is 0.188. The molecule has 3 saturated heterocycles. The van der Waals surface area contributed by atoms with E-state index < -0.39 is 5.82 Å². The maximum absolute atomic E-state index is 15.0. The van der Waals surface area contributed by atoms with E-state index in [2.05, 4.69) is 35.0 Å². The molecule has 9 heteroatoms. The van der Waals surface area contributed by atoms with Crippen molar-refractivity contribution < 1.29 is 14.2 Å². The maximum Gasteiger partial charge on any atom is 0.319 e. The summed E-state index contributed by atoms with van der Waals surface area (Å²) in [4.78, 5) is 19.6. The predicted octanol–water partition coefficient (Wildman–Crippen LogP) is 5.04. The minimum Gasteiger partial charge on any atom is -0.508 e. The van der Waals surface area contributed by atoms with Gasteiger partial charge in [0, 0.05) is 48.4 Å². The number of aryl methyl sites for hydroxylation is 1. The standard InChI is InChI=1S/C34H37FN6O2/c1-4-7-26-28(27-15-24(42)14-20-9-12-29(35)25(5-2)30(20)27)16-36-32-31(26)38-34(43-19-23-8-6-13-40(23)3)39-33(32)41-17-21-10-11-22(18-41)37-21/h2,9,12,14-16,21-23,37,42H,4,6-8,10-11,13,17-19H2,1,3H3. The Morgan fingerprint density at radius 1 is 1.12 bits per heavy atom. The Morgan fingerprint density at radius 2 is 1.93 bits per heavy atom. The van der Waals surface area contributed by atoms with Gasteiger partial charge in [0.2, 0.25) is 0 Å². The van der Waals surface area contributed by atoms with Crippen LogP contribution >= 0.6 is 0 Å². The fourth-order valence-corrected chi connectivity index (χ4v) is 7.22. The molecule has 0 saturated carbocycles. The fraction of sp³-hybridized carbons (Fsp3) is 0.441. The van der Waals surface area contributed by atoms with Crippen molar-refractivity contribution in [2.45, 2.75) is 63.6 Å². The Bertz CT molecular complexity index is 1740. The molecule has 5 heterocycles. The minimum absolute atomic E-state index is 0.0731. The van der Waals surface area contributed by atoms with E-state index in [1.807, 2.05) is 6.20 Å². The highest BCUT2D eigenvalue weighted by Gasteiger charge is 2.34. The molecule has 2 N–H and O–H groups in total. The largest absolute Gasteiger partial charge is 0.508 e. The van der Waals surface area contributed by atoms with Crippen molar-refractivity contribution in [3.63, 3.8) is 0 Å². The summed E-state index contributed by atoms with van der Waals surface area (Å²) in [6.45, 7) is 5.40. The third kappa shape index (κ3) is 5.02. The van der Waals surface area contributed by atoms with Crippen LogP contribution in [0.3, 0.4) is 0 Å². The molecule has 0 aliphatic carbocycles. The lowest BCUT2D eigenvalue weighted by Gasteiger charge is -2.34. The first kappa shape index (κ1) is 27.8. The number of phenols is 1. The van der Waals surface area contributed by atoms with E-state index in [0.717, 1.165) is 79.7 Å². The van der Waals surface area contributed by atoms with Crippen LogP contribution in [0.5, 0.6) is 11.8 Å². The zero-order valence-electron chi connectivity index (χ0n) is 24.7. The van der Waals surface area contributed by atoms with Gasteiger partial charge in [-0.1, -0.05) is 25.3 Å². The van der Waals surface area contributed by atoms with Crippen LogP contribution in [0, 0.1) is 18.2 Å². The molecular formula is C34H37FN6O2. The van der Waals surface area contributed by atoms with Crippen LogP contribution in [0.4, 0.5) is 10.2 Å². The molecule has 7 rings (SSSR count). The summed E-state index contributed by atoms with van der Waals surface area (Å²) in [5.41, 5.74) is 3.97. The first-order valence-electron chi connectivity index (χ1n) is 15.4. The molecule has 2 bridgehead atoms. The Hall–Kier alpha value is -4.00. The van der Waals surface area contributed by atoms with E-state index >= 15 is 0 Å². The third-order valence-corrected chi connectivity index (χ3v) is 9.36. The van der Waals surface area contributed by atoms with Crippen LogP contribution in [0.15, 0.2) is 30.5 Å². The highest BCUT2D eigenvalue weighted by molar-refractivity contribution is 6.04. The molecule has 3 atom stereocenters. The summed E-state index contributed by atoms with van der Waals surface area (Å²) in [6, 6.07) is 7.77. The lowest BCUT2D eigenvalue weighted by atomic mass is 9.90. The zero-order chi connectivity index (χ0) is 29.7. The second-order valence-electron chi connectivity index (χ2n) is 12.2. The van der Waals surface area contributed by atoms with E-state index in [1.165, 1.54) is 6.07 Å². The van der Waals surface area contributed by atoms with Crippen molar-refractivity contribution in [2.75, 3.05) is 38.2 Å². The van der Waals surface area contributed by atoms with E-state index in [4.69, 9.17) is 26.1 Å². The molecule has 8 nitrogen and oxygen atoms in total. The Morgan fingerprint density at radius 3 is 2.65 bits per heavy atom. The number of ether oxygens (including phenoxy) is 1. The number of phenolic OH excluding ortho intramolecular Hbond substituents is 1. The lowest BCUT2D eigenvalue weighted by Crippen LogP contribution is -2.51. The molecule has 3 fully saturated rings. The number of likely N-dealkylation sites (tertiary alicyclic amines) is 1. The number of benzene rings is 2. The number of nitrogens with zero attached hydrogens (tertiary/aromatic N) is 5. The first-order valence-corrected chi connectivity index (χ1v) is 15.4. The molecule has 2 aromatic heterocycles. The van der Waals surface area contributed by atoms with E-state index in [1.54, 1.807) is 18.2 Å². The number of aromatic hydroxyl groups is 1. The van der Waals surface area contributed by atoms with E-state index in [9.17, 15) is 9.50 Å². The molecule has 0 radical (unpaired) electrons. The normalized spacial score (nSPS) is 22.0. The van der Waals surface area contributed by atoms with Crippen molar-refractivity contribution >= 4 is 27.6 Å². The van der Waals surface area contributed by atoms with Crippen LogP contribution in [0.25, 0.3) is 32.9 Å². The molecule has 2 aromatic carbocycles. The van der Waals surface area contributed by atoms with Gasteiger partial charge in [-0.2, -0.15) is 9.97 Å². The summed E-state index contributed by atoms with van der Waals surface area (Å²) in [5.74, 6) is 2.93. The molecule has 3 aliphatic rings. The van der Waals surface area contributed by atoms with Crippen LogP contribution in [0.1, 0.15) is 50.2 Å². The van der Waals surface area contributed by atoms with Crippen LogP contribution in [0.2, 0.25) is 0 Å². The summed E-state index contributed by atoms with van der Waals surface area (Å²) in [5, 5.41) is 15.7. The van der Waals surface area contributed by atoms with Crippen molar-refractivity contribution in [1.82, 2.24) is 25.2 Å². The number of fused-ring (bicyclic) bond motifs is 4. The molecule has 3 unspecified atom stereocenters. The number of hydrogen-bond acceptors (Lipinski definition) is 8. The SMILES string of the molecule is C#Cc1c(F)ccc2cc(O)cc(-c3cnc4c(N5CC6CCC(C5)N6)nc(OCC5CCCN5C)nc4c3CCC)c12. The first-order chi connectivity index (χ1) is 20.9. The molecular weight excluding hydrogens is 543 g/mol. The van der Waals surface area contributed by atoms with Crippen LogP contribution < -0.4 is 15.0 Å². The van der Waals surface area contributed by atoms with Crippen molar-refractivity contribution in [2.24, 2.45) is 0 Å². The molecule has 4 aromatic rings. The van der Waals surface area contributed by atoms with Gasteiger partial charge in [0.15, 0.2) is 5.82 Å². The van der Waals surface area contributed by atoms with E-state index in [-0.39, 0.29) is 11.3 Å². The molecule has 3 aliphatic heterocycles. The number of aromatic nitrogens is 3. The average molecular weight is 581 g/mol. The molecule has 222 valence electrons. The van der Waals surface area contributed by atoms with Gasteiger partial charge in [-0.15, -0.1) is 6.42 Å². The molecule has 0 spiro atoms. The van der Waals surface area contributed by atoms with Crippen molar-refractivity contribution in [3.05, 3.63) is 47.4 Å². The second kappa shape index (κ2) is 11.3. The van der Waals surface area contributed by atoms with Gasteiger partial charge in [0.1, 0.15) is 29.2 Å². The highest BCUT2D eigenvalue weighted by Crippen LogP contribution is 2.40. The van der Waals surface area contributed by atoms with E-state index in [0.29, 0.717) is 53.5 Å². The smallest absolute Gasteiger partial charge is 0.319 e. The summed E-state index contributed by atoms with van der Waals surface area (Å²) >= 11 is 0. The number of hydrogen-bond donors (Lipinski definition) is 2. The van der Waals surface area contributed by atoms with Gasteiger partial charge in [-0.3, -0.25) is 4.98 Å². The van der Waals surface area contributed by atoms with Crippen LogP contribution in [-0.4, -0.2) is 76.4 Å². The summed E-state index contributed by atoms with van der Waals surface area (Å²) < 4.78 is 21.3. The van der Waals surface area contributed by atoms with Gasteiger partial charge >= 0.3 is 6.01 Å². The van der Waals surface area contributed by atoms with Gasteiger partial charge in [-0.25, -0.2) is 4.39 Å². The molecule has 0 amide bonds. The maximum atomic E-state index is 15.0. The number of nitrogens with one attached hydrogen (secondary N) is 1. The number of piperazine rings is 1. The van der Waals surface area contributed by atoms with Crippen molar-refractivity contribution in [1.29, 1.82) is 0 Å². The zero-order valence-corrected chi connectivity index (χ0v) is 24.7. The number of pyridine rings is 1. The monoisotopic (exact) mass is 580 g/mol. The van der Waals surface area contributed by atoms with Gasteiger partial charge in [0.25, 0.3) is 0 Å². The number of halogens is 1. The quantitative estimate of drug-likeness (QED) is 0.294. The van der Waals surface area contributed by atoms with Crippen molar-refractivity contribution in [3.8, 4) is 35.2 Å². The predicted molar refractivity (Wildman–Crippen MR) is 167 cm³/mol. The average Bonchev–Trinajstić information content (AvgIpc) is 3.58. The second-order valence-corrected chi connectivity index (χ2v) is 12.2. The van der Waals surface area contributed by atoms with Gasteiger partial charge < -0.3 is 25.0 Å². The van der Waals surface area contributed by atoms with Gasteiger partial charge in [-0.05, 0) is 80.4 Å². The summed E-state index contributed by atoms with van der Waals surface area (Å²) in [7, 11) is 2.13. The number of likely N-dealkylation sites (N-methyl/N-ethyl adjacent to an activating group) is 1.